The fourth-order valence-corrected chi connectivity index (χ4v) is 2.01. The summed E-state index contributed by atoms with van der Waals surface area (Å²) in [5.41, 5.74) is 0. The number of ether oxygens (including phenoxy) is 2. The van der Waals surface area contributed by atoms with Gasteiger partial charge in [-0.25, -0.2) is 0 Å². The lowest BCUT2D eigenvalue weighted by Gasteiger charge is -2.08. The predicted molar refractivity (Wildman–Crippen MR) is 80.8 cm³/mol. The molecular weight excluding hydrogens is 317 g/mol. The SMILES string of the molecule is CCOC(=O)CCCNC(=O)COc1cc(Cl)cc(Cl)c1. The Kier molecular flexibility index (Phi) is 7.93. The van der Waals surface area contributed by atoms with Gasteiger partial charge in [0, 0.05) is 23.0 Å². The molecule has 0 fully saturated rings. The van der Waals surface area contributed by atoms with Gasteiger partial charge < -0.3 is 14.8 Å². The number of carbonyl (C=O) groups excluding carboxylic acids is 2. The molecule has 1 rings (SSSR count). The van der Waals surface area contributed by atoms with Gasteiger partial charge in [0.2, 0.25) is 0 Å². The molecule has 116 valence electrons. The van der Waals surface area contributed by atoms with Crippen LogP contribution in [0, 0.1) is 0 Å². The van der Waals surface area contributed by atoms with E-state index in [1.54, 1.807) is 25.1 Å². The van der Waals surface area contributed by atoms with Gasteiger partial charge in [-0.15, -0.1) is 0 Å². The van der Waals surface area contributed by atoms with Crippen LogP contribution in [0.15, 0.2) is 18.2 Å². The molecule has 0 aliphatic heterocycles. The number of hydrogen-bond acceptors (Lipinski definition) is 4. The quantitative estimate of drug-likeness (QED) is 0.586. The van der Waals surface area contributed by atoms with Crippen LogP contribution in [0.1, 0.15) is 19.8 Å². The Morgan fingerprint density at radius 1 is 1.19 bits per heavy atom. The van der Waals surface area contributed by atoms with Gasteiger partial charge in [0.15, 0.2) is 6.61 Å². The summed E-state index contributed by atoms with van der Waals surface area (Å²) in [5.74, 6) is -0.124. The van der Waals surface area contributed by atoms with E-state index < -0.39 is 0 Å². The molecule has 1 aromatic rings. The van der Waals surface area contributed by atoms with Crippen LogP contribution in [0.5, 0.6) is 5.75 Å². The number of hydrogen-bond donors (Lipinski definition) is 1. The zero-order chi connectivity index (χ0) is 15.7. The van der Waals surface area contributed by atoms with Crippen molar-refractivity contribution in [3.05, 3.63) is 28.2 Å². The molecule has 7 heteroatoms. The maximum atomic E-state index is 11.5. The first kappa shape index (κ1) is 17.6. The van der Waals surface area contributed by atoms with E-state index in [0.717, 1.165) is 0 Å². The second kappa shape index (κ2) is 9.47. The molecule has 1 amide bonds. The van der Waals surface area contributed by atoms with Crippen LogP contribution in [-0.4, -0.2) is 31.6 Å². The van der Waals surface area contributed by atoms with Crippen LogP contribution in [-0.2, 0) is 14.3 Å². The Balaban J connectivity index is 2.20. The van der Waals surface area contributed by atoms with Gasteiger partial charge >= 0.3 is 5.97 Å². The summed E-state index contributed by atoms with van der Waals surface area (Å²) in [6, 6.07) is 4.72. The molecule has 0 aliphatic rings. The Labute approximate surface area is 133 Å². The molecule has 0 bridgehead atoms. The molecule has 0 saturated heterocycles. The molecule has 5 nitrogen and oxygen atoms in total. The van der Waals surface area contributed by atoms with Gasteiger partial charge in [-0.2, -0.15) is 0 Å². The summed E-state index contributed by atoms with van der Waals surface area (Å²) in [7, 11) is 0. The summed E-state index contributed by atoms with van der Waals surface area (Å²) < 4.78 is 10.0. The van der Waals surface area contributed by atoms with Crippen molar-refractivity contribution in [1.29, 1.82) is 0 Å². The minimum absolute atomic E-state index is 0.143. The van der Waals surface area contributed by atoms with Crippen LogP contribution in [0.2, 0.25) is 10.0 Å². The summed E-state index contributed by atoms with van der Waals surface area (Å²) in [6.45, 7) is 2.35. The molecule has 21 heavy (non-hydrogen) atoms. The minimum Gasteiger partial charge on any atom is -0.484 e. The second-order valence-corrected chi connectivity index (χ2v) is 5.03. The van der Waals surface area contributed by atoms with Crippen molar-refractivity contribution in [3.63, 3.8) is 0 Å². The van der Waals surface area contributed by atoms with Crippen molar-refractivity contribution in [3.8, 4) is 5.75 Å². The molecule has 0 aliphatic carbocycles. The Hall–Kier alpha value is -1.46. The van der Waals surface area contributed by atoms with E-state index in [2.05, 4.69) is 5.32 Å². The van der Waals surface area contributed by atoms with Gasteiger partial charge in [0.1, 0.15) is 5.75 Å². The van der Waals surface area contributed by atoms with Crippen molar-refractivity contribution >= 4 is 35.1 Å². The fourth-order valence-electron chi connectivity index (χ4n) is 1.51. The average Bonchev–Trinajstić information content (AvgIpc) is 2.41. The van der Waals surface area contributed by atoms with Crippen molar-refractivity contribution in [2.75, 3.05) is 19.8 Å². The van der Waals surface area contributed by atoms with Gasteiger partial charge in [0.05, 0.1) is 6.61 Å². The number of halogens is 2. The summed E-state index contributed by atoms with van der Waals surface area (Å²) in [6.07, 6.45) is 0.798. The monoisotopic (exact) mass is 333 g/mol. The lowest BCUT2D eigenvalue weighted by atomic mass is 10.3. The molecular formula is C14H17Cl2NO4. The molecule has 0 atom stereocenters. The van der Waals surface area contributed by atoms with Gasteiger partial charge in [-0.3, -0.25) is 9.59 Å². The minimum atomic E-state index is -0.282. The largest absolute Gasteiger partial charge is 0.484 e. The van der Waals surface area contributed by atoms with Crippen LogP contribution >= 0.6 is 23.2 Å². The van der Waals surface area contributed by atoms with E-state index in [0.29, 0.717) is 35.4 Å². The van der Waals surface area contributed by atoms with Crippen molar-refractivity contribution in [1.82, 2.24) is 5.32 Å². The first-order valence-corrected chi connectivity index (χ1v) is 7.28. The third-order valence-electron chi connectivity index (χ3n) is 2.39. The van der Waals surface area contributed by atoms with Crippen molar-refractivity contribution in [2.24, 2.45) is 0 Å². The number of carbonyl (C=O) groups is 2. The summed E-state index contributed by atoms with van der Waals surface area (Å²) in [4.78, 5) is 22.6. The lowest BCUT2D eigenvalue weighted by molar-refractivity contribution is -0.143. The predicted octanol–water partition coefficient (Wildman–Crippen LogP) is 2.83. The van der Waals surface area contributed by atoms with Gasteiger partial charge in [0.25, 0.3) is 5.91 Å². The highest BCUT2D eigenvalue weighted by Gasteiger charge is 2.05. The van der Waals surface area contributed by atoms with E-state index in [1.165, 1.54) is 0 Å². The Bertz CT molecular complexity index is 474. The zero-order valence-electron chi connectivity index (χ0n) is 11.7. The number of rotatable bonds is 8. The van der Waals surface area contributed by atoms with E-state index in [9.17, 15) is 9.59 Å². The molecule has 0 saturated carbocycles. The smallest absolute Gasteiger partial charge is 0.305 e. The van der Waals surface area contributed by atoms with E-state index in [1.807, 2.05) is 0 Å². The normalized spacial score (nSPS) is 10.0. The third kappa shape index (κ3) is 7.78. The second-order valence-electron chi connectivity index (χ2n) is 4.15. The standard InChI is InChI=1S/C14H17Cl2NO4/c1-2-20-14(19)4-3-5-17-13(18)9-21-12-7-10(15)6-11(16)8-12/h6-8H,2-5,9H2,1H3,(H,17,18). The fraction of sp³-hybridized carbons (Fsp3) is 0.429. The van der Waals surface area contributed by atoms with Gasteiger partial charge in [-0.1, -0.05) is 23.2 Å². The van der Waals surface area contributed by atoms with Crippen molar-refractivity contribution < 1.29 is 19.1 Å². The number of benzene rings is 1. The summed E-state index contributed by atoms with van der Waals surface area (Å²) >= 11 is 11.6. The maximum Gasteiger partial charge on any atom is 0.305 e. The molecule has 1 aromatic carbocycles. The first-order valence-electron chi connectivity index (χ1n) is 6.52. The van der Waals surface area contributed by atoms with Crippen LogP contribution in [0.3, 0.4) is 0 Å². The van der Waals surface area contributed by atoms with Crippen LogP contribution in [0.4, 0.5) is 0 Å². The van der Waals surface area contributed by atoms with Crippen LogP contribution < -0.4 is 10.1 Å². The number of esters is 1. The lowest BCUT2D eigenvalue weighted by Crippen LogP contribution is -2.30. The molecule has 0 heterocycles. The van der Waals surface area contributed by atoms with E-state index in [-0.39, 0.29) is 24.9 Å². The average molecular weight is 334 g/mol. The van der Waals surface area contributed by atoms with Crippen LogP contribution in [0.25, 0.3) is 0 Å². The molecule has 0 aromatic heterocycles. The Morgan fingerprint density at radius 3 is 2.48 bits per heavy atom. The van der Waals surface area contributed by atoms with Gasteiger partial charge in [-0.05, 0) is 31.5 Å². The summed E-state index contributed by atoms with van der Waals surface area (Å²) in [5, 5.41) is 3.52. The molecule has 0 unspecified atom stereocenters. The maximum absolute atomic E-state index is 11.5. The highest BCUT2D eigenvalue weighted by molar-refractivity contribution is 6.34. The van der Waals surface area contributed by atoms with E-state index in [4.69, 9.17) is 32.7 Å². The third-order valence-corrected chi connectivity index (χ3v) is 2.83. The zero-order valence-corrected chi connectivity index (χ0v) is 13.2. The van der Waals surface area contributed by atoms with Crippen molar-refractivity contribution in [2.45, 2.75) is 19.8 Å². The molecule has 0 spiro atoms. The topological polar surface area (TPSA) is 64.6 Å². The highest BCUT2D eigenvalue weighted by atomic mass is 35.5. The number of nitrogens with one attached hydrogen (secondary N) is 1. The Morgan fingerprint density at radius 2 is 1.86 bits per heavy atom. The first-order chi connectivity index (χ1) is 10.0. The van der Waals surface area contributed by atoms with E-state index >= 15 is 0 Å². The molecule has 1 N–H and O–H groups in total. The molecule has 0 radical (unpaired) electrons. The highest BCUT2D eigenvalue weighted by Crippen LogP contribution is 2.23. The number of amides is 1.